The molecule has 0 spiro atoms. The Kier molecular flexibility index (Phi) is 12.8. The third-order valence-electron chi connectivity index (χ3n) is 3.07. The van der Waals surface area contributed by atoms with E-state index >= 15 is 0 Å². The van der Waals surface area contributed by atoms with Crippen molar-refractivity contribution in [3.63, 3.8) is 0 Å². The highest BCUT2D eigenvalue weighted by Gasteiger charge is 2.38. The Morgan fingerprint density at radius 2 is 1.23 bits per heavy atom. The number of hydrogen-bond acceptors (Lipinski definition) is 2. The van der Waals surface area contributed by atoms with Crippen LogP contribution >= 0.6 is 45.0 Å². The van der Waals surface area contributed by atoms with Crippen molar-refractivity contribution in [2.75, 3.05) is 5.75 Å². The van der Waals surface area contributed by atoms with E-state index in [-0.39, 0.29) is 5.75 Å². The molecule has 0 aromatic rings. The minimum atomic E-state index is -4.71. The first-order valence-electron chi connectivity index (χ1n) is 7.43. The lowest BCUT2D eigenvalue weighted by atomic mass is 10.1. The summed E-state index contributed by atoms with van der Waals surface area (Å²) in [6.07, 6.45) is 4.34. The van der Waals surface area contributed by atoms with Crippen LogP contribution in [0.3, 0.4) is 0 Å². The van der Waals surface area contributed by atoms with Crippen LogP contribution in [-0.4, -0.2) is 23.0 Å². The van der Waals surface area contributed by atoms with Crippen molar-refractivity contribution in [1.29, 1.82) is 0 Å². The van der Waals surface area contributed by atoms with Gasteiger partial charge in [-0.1, -0.05) is 63.1 Å². The molecule has 22 heavy (non-hydrogen) atoms. The molecule has 0 aliphatic carbocycles. The second kappa shape index (κ2) is 12.3. The number of carbonyl (C=O) groups is 1. The summed E-state index contributed by atoms with van der Waals surface area (Å²) < 4.78 is 35.8. The zero-order valence-corrected chi connectivity index (χ0v) is 16.4. The molecule has 0 N–H and O–H groups in total. The molecule has 1 nitrogen and oxygen atoms in total. The molecule has 0 heterocycles. The molecule has 0 atom stereocenters. The summed E-state index contributed by atoms with van der Waals surface area (Å²) in [6, 6.07) is -1.74. The van der Waals surface area contributed by atoms with Crippen LogP contribution in [0.4, 0.5) is 13.2 Å². The Morgan fingerprint density at radius 1 is 0.818 bits per heavy atom. The van der Waals surface area contributed by atoms with Crippen LogP contribution in [0.5, 0.6) is 0 Å². The van der Waals surface area contributed by atoms with Crippen LogP contribution in [0.15, 0.2) is 0 Å². The highest BCUT2D eigenvalue weighted by atomic mass is 35.8. The van der Waals surface area contributed by atoms with E-state index in [4.69, 9.17) is 33.2 Å². The molecule has 0 aromatic carbocycles. The Labute approximate surface area is 149 Å². The summed E-state index contributed by atoms with van der Waals surface area (Å²) in [5, 5.41) is -1.69. The minimum absolute atomic E-state index is 0.249. The molecule has 0 aliphatic rings. The molecule has 0 amide bonds. The van der Waals surface area contributed by atoms with Gasteiger partial charge >= 0.3 is 12.2 Å². The topological polar surface area (TPSA) is 17.1 Å². The maximum Gasteiger partial charge on any atom is 0.460 e. The monoisotopic (exact) mass is 416 g/mol. The molecular weight excluding hydrogens is 396 g/mol. The first-order valence-corrected chi connectivity index (χ1v) is 13.7. The average Bonchev–Trinajstić information content (AvgIpc) is 2.37. The van der Waals surface area contributed by atoms with Gasteiger partial charge in [0, 0.05) is 5.75 Å². The summed E-state index contributed by atoms with van der Waals surface area (Å²) >= 11 is 17.7. The number of hydrogen-bond donors (Lipinski definition) is 0. The van der Waals surface area contributed by atoms with Crippen LogP contribution < -0.4 is 0 Å². The Hall–Kier alpha value is 0.897. The molecule has 132 valence electrons. The second-order valence-corrected chi connectivity index (χ2v) is 15.5. The number of halogens is 6. The van der Waals surface area contributed by atoms with Crippen molar-refractivity contribution < 1.29 is 18.0 Å². The molecule has 0 aliphatic heterocycles. The SMILES string of the molecule is O=C(SCCCCCCCCCCC[Si](Cl)(Cl)Cl)C(F)(F)F. The number of unbranched alkanes of at least 4 members (excludes halogenated alkanes) is 8. The predicted molar refractivity (Wildman–Crippen MR) is 93.2 cm³/mol. The van der Waals surface area contributed by atoms with E-state index in [0.29, 0.717) is 24.2 Å². The van der Waals surface area contributed by atoms with Gasteiger partial charge in [-0.3, -0.25) is 4.79 Å². The van der Waals surface area contributed by atoms with Crippen molar-refractivity contribution in [1.82, 2.24) is 0 Å². The normalized spacial score (nSPS) is 12.6. The van der Waals surface area contributed by atoms with Gasteiger partial charge in [-0.15, -0.1) is 33.2 Å². The first kappa shape index (κ1) is 22.9. The van der Waals surface area contributed by atoms with Crippen LogP contribution in [0.25, 0.3) is 0 Å². The molecule has 0 rings (SSSR count). The third kappa shape index (κ3) is 15.8. The van der Waals surface area contributed by atoms with E-state index in [1.807, 2.05) is 0 Å². The lowest BCUT2D eigenvalue weighted by Crippen LogP contribution is -2.19. The highest BCUT2D eigenvalue weighted by Crippen LogP contribution is 2.27. The number of alkyl halides is 3. The smallest absolute Gasteiger partial charge is 0.277 e. The van der Waals surface area contributed by atoms with E-state index in [9.17, 15) is 18.0 Å². The third-order valence-corrected chi connectivity index (χ3v) is 6.68. The molecule has 9 heteroatoms. The van der Waals surface area contributed by atoms with Gasteiger partial charge in [0.2, 0.25) is 0 Å². The van der Waals surface area contributed by atoms with Crippen molar-refractivity contribution in [2.45, 2.75) is 70.0 Å². The lowest BCUT2D eigenvalue weighted by molar-refractivity contribution is -0.160. The second-order valence-electron chi connectivity index (χ2n) is 5.18. The van der Waals surface area contributed by atoms with Gasteiger partial charge in [-0.2, -0.15) is 13.2 Å². The van der Waals surface area contributed by atoms with Crippen molar-refractivity contribution in [3.8, 4) is 0 Å². The fourth-order valence-electron chi connectivity index (χ4n) is 1.91. The minimum Gasteiger partial charge on any atom is -0.277 e. The van der Waals surface area contributed by atoms with Crippen LogP contribution in [0.1, 0.15) is 57.8 Å². The maximum absolute atomic E-state index is 11.9. The standard InChI is InChI=1S/C13H22Cl3F3OSSi/c14-22(15,16)11-9-7-5-3-1-2-4-6-8-10-21-12(20)13(17,18)19/h1-11H2. The fourth-order valence-corrected chi connectivity index (χ4v) is 4.46. The van der Waals surface area contributed by atoms with Crippen LogP contribution in [-0.2, 0) is 4.79 Å². The van der Waals surface area contributed by atoms with E-state index in [2.05, 4.69) is 0 Å². The van der Waals surface area contributed by atoms with E-state index in [1.54, 1.807) is 0 Å². The van der Waals surface area contributed by atoms with E-state index in [1.165, 1.54) is 0 Å². The molecular formula is C13H22Cl3F3OSSi. The highest BCUT2D eigenvalue weighted by molar-refractivity contribution is 8.13. The van der Waals surface area contributed by atoms with E-state index in [0.717, 1.165) is 51.4 Å². The number of carbonyl (C=O) groups excluding carboxylic acids is 1. The lowest BCUT2D eigenvalue weighted by Gasteiger charge is -2.07. The predicted octanol–water partition coefficient (Wildman–Crippen LogP) is 6.97. The van der Waals surface area contributed by atoms with Gasteiger partial charge in [0.05, 0.1) is 0 Å². The maximum atomic E-state index is 11.9. The zero-order chi connectivity index (χ0) is 17.1. The van der Waals surface area contributed by atoms with E-state index < -0.39 is 17.3 Å². The van der Waals surface area contributed by atoms with Crippen LogP contribution in [0, 0.1) is 0 Å². The molecule has 0 unspecified atom stereocenters. The Balaban J connectivity index is 3.23. The number of rotatable bonds is 12. The summed E-state index contributed by atoms with van der Waals surface area (Å²) in [6.45, 7) is 0. The average molecular weight is 418 g/mol. The quantitative estimate of drug-likeness (QED) is 0.194. The molecule has 0 fully saturated rings. The summed E-state index contributed by atoms with van der Waals surface area (Å²) in [5.41, 5.74) is 0. The van der Waals surface area contributed by atoms with Crippen molar-refractivity contribution in [2.24, 2.45) is 0 Å². The van der Waals surface area contributed by atoms with Crippen molar-refractivity contribution in [3.05, 3.63) is 0 Å². The summed E-state index contributed by atoms with van der Waals surface area (Å²) in [7, 11) is 0. The molecule has 0 saturated heterocycles. The summed E-state index contributed by atoms with van der Waals surface area (Å²) in [5.74, 6) is 0.249. The first-order chi connectivity index (χ1) is 10.1. The zero-order valence-electron chi connectivity index (χ0n) is 12.4. The number of thioether (sulfide) groups is 1. The summed E-state index contributed by atoms with van der Waals surface area (Å²) in [4.78, 5) is 10.6. The van der Waals surface area contributed by atoms with Gasteiger partial charge in [-0.25, -0.2) is 0 Å². The van der Waals surface area contributed by atoms with Gasteiger partial charge in [0.25, 0.3) is 5.12 Å². The largest absolute Gasteiger partial charge is 0.460 e. The van der Waals surface area contributed by atoms with Crippen LogP contribution in [0.2, 0.25) is 6.04 Å². The van der Waals surface area contributed by atoms with Gasteiger partial charge < -0.3 is 0 Å². The molecule has 0 aromatic heterocycles. The van der Waals surface area contributed by atoms with Gasteiger partial charge in [-0.05, 0) is 12.5 Å². The van der Waals surface area contributed by atoms with Gasteiger partial charge in [0.1, 0.15) is 0 Å². The Bertz CT molecular complexity index is 312. The molecule has 0 saturated carbocycles. The molecule has 0 radical (unpaired) electrons. The molecule has 0 bridgehead atoms. The van der Waals surface area contributed by atoms with Crippen molar-refractivity contribution >= 4 is 56.1 Å². The Morgan fingerprint density at radius 3 is 1.64 bits per heavy atom. The fraction of sp³-hybridized carbons (Fsp3) is 0.923. The van der Waals surface area contributed by atoms with Gasteiger partial charge in [0.15, 0.2) is 0 Å².